The van der Waals surface area contributed by atoms with Crippen LogP contribution >= 0.6 is 0 Å². The topological polar surface area (TPSA) is 136 Å². The van der Waals surface area contributed by atoms with Crippen LogP contribution in [0.1, 0.15) is 51.0 Å². The predicted molar refractivity (Wildman–Crippen MR) is 170 cm³/mol. The van der Waals surface area contributed by atoms with Crippen molar-refractivity contribution in [3.8, 4) is 0 Å². The molecule has 0 aliphatic carbocycles. The van der Waals surface area contributed by atoms with Gasteiger partial charge in [-0.05, 0) is 76.1 Å². The number of aryl methyl sites for hydroxylation is 4. The SMILES string of the molecule is CCOC(=O)[C@H](C(=O)c1ccccc1)c1cc(NS(=O)(=O)c2ccc(C)cc2C)ccc1NS(=O)(=O)c1ccc(C)cc1C. The number of Topliss-reactive ketones (excluding diaryl/α,β-unsaturated/α-hetero) is 1. The number of ether oxygens (including phenoxy) is 1. The number of nitrogens with one attached hydrogen (secondary N) is 2. The molecule has 0 radical (unpaired) electrons. The average Bonchev–Trinajstić information content (AvgIpc) is 2.94. The fourth-order valence-corrected chi connectivity index (χ4v) is 7.53. The number of hydrogen-bond donors (Lipinski definition) is 2. The highest BCUT2D eigenvalue weighted by Crippen LogP contribution is 2.34. The Kier molecular flexibility index (Phi) is 9.60. The van der Waals surface area contributed by atoms with Gasteiger partial charge in [-0.2, -0.15) is 0 Å². The van der Waals surface area contributed by atoms with Crippen molar-refractivity contribution in [1.82, 2.24) is 0 Å². The zero-order valence-corrected chi connectivity index (χ0v) is 26.7. The van der Waals surface area contributed by atoms with Crippen LogP contribution in [0.2, 0.25) is 0 Å². The van der Waals surface area contributed by atoms with Crippen LogP contribution < -0.4 is 9.44 Å². The minimum Gasteiger partial charge on any atom is -0.465 e. The maximum atomic E-state index is 13.8. The normalized spacial score (nSPS) is 12.3. The Labute approximate surface area is 258 Å². The molecule has 0 amide bonds. The van der Waals surface area contributed by atoms with Crippen LogP contribution in [-0.2, 0) is 29.6 Å². The van der Waals surface area contributed by atoms with Gasteiger partial charge in [0.25, 0.3) is 20.0 Å². The van der Waals surface area contributed by atoms with E-state index in [1.807, 2.05) is 13.8 Å². The van der Waals surface area contributed by atoms with Gasteiger partial charge in [-0.15, -0.1) is 0 Å². The van der Waals surface area contributed by atoms with E-state index in [-0.39, 0.29) is 38.9 Å². The Bertz CT molecular complexity index is 1940. The molecule has 0 aliphatic rings. The first-order valence-electron chi connectivity index (χ1n) is 13.8. The molecule has 0 unspecified atom stereocenters. The summed E-state index contributed by atoms with van der Waals surface area (Å²) in [6.07, 6.45) is 0. The molecule has 11 heteroatoms. The van der Waals surface area contributed by atoms with E-state index in [1.165, 1.54) is 42.5 Å². The Morgan fingerprint density at radius 1 is 0.705 bits per heavy atom. The summed E-state index contributed by atoms with van der Waals surface area (Å²) in [4.78, 5) is 27.3. The number of benzene rings is 4. The molecule has 0 heterocycles. The summed E-state index contributed by atoms with van der Waals surface area (Å²) in [5, 5.41) is 0. The van der Waals surface area contributed by atoms with Crippen LogP contribution in [0.4, 0.5) is 11.4 Å². The monoisotopic (exact) mass is 634 g/mol. The van der Waals surface area contributed by atoms with Gasteiger partial charge in [-0.3, -0.25) is 19.0 Å². The van der Waals surface area contributed by atoms with Gasteiger partial charge in [-0.25, -0.2) is 16.8 Å². The molecule has 0 bridgehead atoms. The van der Waals surface area contributed by atoms with Crippen molar-refractivity contribution in [3.05, 3.63) is 118 Å². The van der Waals surface area contributed by atoms with Crippen LogP contribution in [0, 0.1) is 27.7 Å². The lowest BCUT2D eigenvalue weighted by Gasteiger charge is -2.21. The second kappa shape index (κ2) is 13.0. The maximum Gasteiger partial charge on any atom is 0.321 e. The van der Waals surface area contributed by atoms with Crippen molar-refractivity contribution in [3.63, 3.8) is 0 Å². The van der Waals surface area contributed by atoms with Crippen molar-refractivity contribution < 1.29 is 31.2 Å². The molecule has 0 aromatic heterocycles. The maximum absolute atomic E-state index is 13.8. The molecule has 0 saturated carbocycles. The molecule has 2 N–H and O–H groups in total. The number of ketones is 1. The number of hydrogen-bond acceptors (Lipinski definition) is 7. The van der Waals surface area contributed by atoms with Gasteiger partial charge < -0.3 is 4.74 Å². The summed E-state index contributed by atoms with van der Waals surface area (Å²) in [5.74, 6) is -3.17. The van der Waals surface area contributed by atoms with Gasteiger partial charge in [0.1, 0.15) is 5.92 Å². The molecule has 4 aromatic carbocycles. The minimum atomic E-state index is -4.20. The average molecular weight is 635 g/mol. The van der Waals surface area contributed by atoms with Crippen LogP contribution in [0.5, 0.6) is 0 Å². The number of anilines is 2. The van der Waals surface area contributed by atoms with Gasteiger partial charge in [0.15, 0.2) is 5.78 Å². The van der Waals surface area contributed by atoms with Crippen LogP contribution in [0.25, 0.3) is 0 Å². The zero-order valence-electron chi connectivity index (χ0n) is 25.0. The smallest absolute Gasteiger partial charge is 0.321 e. The van der Waals surface area contributed by atoms with E-state index in [4.69, 9.17) is 4.74 Å². The molecule has 44 heavy (non-hydrogen) atoms. The molecule has 9 nitrogen and oxygen atoms in total. The van der Waals surface area contributed by atoms with E-state index in [0.29, 0.717) is 11.1 Å². The third kappa shape index (κ3) is 7.17. The standard InChI is InChI=1S/C33H34N2O7S2/c1-6-42-33(37)31(32(36)25-10-8-7-9-11-25)27-20-26(34-43(38,39)29-16-12-21(2)18-23(29)4)14-15-28(27)35-44(40,41)30-17-13-22(3)19-24(30)5/h7-20,31,34-35H,6H2,1-5H3/t31-/m0/s1. The largest absolute Gasteiger partial charge is 0.465 e. The highest BCUT2D eigenvalue weighted by molar-refractivity contribution is 7.93. The number of carbonyl (C=O) groups is 2. The lowest BCUT2D eigenvalue weighted by atomic mass is 9.89. The first-order chi connectivity index (χ1) is 20.7. The lowest BCUT2D eigenvalue weighted by Crippen LogP contribution is -2.27. The predicted octanol–water partition coefficient (Wildman–Crippen LogP) is 6.05. The highest BCUT2D eigenvalue weighted by atomic mass is 32.2. The molecular formula is C33H34N2O7S2. The third-order valence-corrected chi connectivity index (χ3v) is 10.0. The number of carbonyl (C=O) groups excluding carboxylic acids is 2. The van der Waals surface area contributed by atoms with E-state index in [1.54, 1.807) is 63.2 Å². The quantitative estimate of drug-likeness (QED) is 0.116. The number of rotatable bonds is 11. The highest BCUT2D eigenvalue weighted by Gasteiger charge is 2.34. The van der Waals surface area contributed by atoms with E-state index < -0.39 is 37.7 Å². The summed E-state index contributed by atoms with van der Waals surface area (Å²) in [6.45, 7) is 8.56. The number of sulfonamides is 2. The fraction of sp³-hybridized carbons (Fsp3) is 0.212. The Morgan fingerprint density at radius 3 is 1.77 bits per heavy atom. The van der Waals surface area contributed by atoms with E-state index >= 15 is 0 Å². The van der Waals surface area contributed by atoms with Gasteiger partial charge in [-0.1, -0.05) is 65.7 Å². The summed E-state index contributed by atoms with van der Waals surface area (Å²) in [7, 11) is -8.29. The molecule has 1 atom stereocenters. The molecule has 4 aromatic rings. The zero-order chi connectivity index (χ0) is 32.2. The van der Waals surface area contributed by atoms with Crippen molar-refractivity contribution in [2.24, 2.45) is 0 Å². The van der Waals surface area contributed by atoms with E-state index in [0.717, 1.165) is 11.1 Å². The molecular weight excluding hydrogens is 601 g/mol. The van der Waals surface area contributed by atoms with Gasteiger partial charge in [0, 0.05) is 16.8 Å². The Balaban J connectivity index is 1.88. The molecule has 0 fully saturated rings. The lowest BCUT2D eigenvalue weighted by molar-refractivity contribution is -0.143. The van der Waals surface area contributed by atoms with E-state index in [2.05, 4.69) is 9.44 Å². The van der Waals surface area contributed by atoms with Crippen LogP contribution in [-0.4, -0.2) is 35.2 Å². The van der Waals surface area contributed by atoms with Crippen molar-refractivity contribution in [1.29, 1.82) is 0 Å². The van der Waals surface area contributed by atoms with Crippen molar-refractivity contribution in [2.75, 3.05) is 16.1 Å². The fourth-order valence-electron chi connectivity index (χ4n) is 4.94. The Hall–Kier alpha value is -4.48. The molecule has 230 valence electrons. The van der Waals surface area contributed by atoms with Gasteiger partial charge in [0.05, 0.1) is 22.1 Å². The second-order valence-corrected chi connectivity index (χ2v) is 13.8. The van der Waals surface area contributed by atoms with Gasteiger partial charge >= 0.3 is 5.97 Å². The van der Waals surface area contributed by atoms with Crippen LogP contribution in [0.15, 0.2) is 94.7 Å². The summed E-state index contributed by atoms with van der Waals surface area (Å²) in [6, 6.07) is 21.7. The molecule has 0 saturated heterocycles. The molecule has 0 aliphatic heterocycles. The molecule has 4 rings (SSSR count). The summed E-state index contributed by atoms with van der Waals surface area (Å²) >= 11 is 0. The molecule has 0 spiro atoms. The van der Waals surface area contributed by atoms with Crippen molar-refractivity contribution >= 4 is 43.2 Å². The summed E-state index contributed by atoms with van der Waals surface area (Å²) < 4.78 is 64.2. The Morgan fingerprint density at radius 2 is 1.25 bits per heavy atom. The number of esters is 1. The summed E-state index contributed by atoms with van der Waals surface area (Å²) in [5.41, 5.74) is 2.84. The van der Waals surface area contributed by atoms with Crippen molar-refractivity contribution in [2.45, 2.75) is 50.3 Å². The minimum absolute atomic E-state index is 0.00995. The van der Waals surface area contributed by atoms with E-state index in [9.17, 15) is 26.4 Å². The third-order valence-electron chi connectivity index (χ3n) is 6.94. The van der Waals surface area contributed by atoms with Gasteiger partial charge in [0.2, 0.25) is 0 Å². The second-order valence-electron chi connectivity index (χ2n) is 10.5. The first kappa shape index (κ1) is 32.4. The first-order valence-corrected chi connectivity index (χ1v) is 16.8. The van der Waals surface area contributed by atoms with Crippen LogP contribution in [0.3, 0.4) is 0 Å².